The van der Waals surface area contributed by atoms with E-state index in [1.807, 2.05) is 0 Å². The van der Waals surface area contributed by atoms with Crippen LogP contribution in [0, 0.1) is 0 Å². The van der Waals surface area contributed by atoms with Crippen LogP contribution in [-0.4, -0.2) is 21.3 Å². The van der Waals surface area contributed by atoms with Gasteiger partial charge < -0.3 is 4.74 Å². The molecular formula is C10H13NO4S. The van der Waals surface area contributed by atoms with Crippen molar-refractivity contribution in [2.75, 3.05) is 7.11 Å². The summed E-state index contributed by atoms with van der Waals surface area (Å²) in [7, 11) is -2.38. The maximum absolute atomic E-state index is 11.6. The first-order valence-corrected chi connectivity index (χ1v) is 6.18. The van der Waals surface area contributed by atoms with Gasteiger partial charge in [0.05, 0.1) is 17.6 Å². The number of hydrogen-bond donors (Lipinski definition) is 1. The topological polar surface area (TPSA) is 86.5 Å². The molecule has 0 amide bonds. The number of methoxy groups -OCH3 is 1. The summed E-state index contributed by atoms with van der Waals surface area (Å²) in [6.45, 7) is 1.69. The predicted molar refractivity (Wildman–Crippen MR) is 59.0 cm³/mol. The van der Waals surface area contributed by atoms with Gasteiger partial charge in [0.1, 0.15) is 5.75 Å². The first kappa shape index (κ1) is 12.7. The Morgan fingerprint density at radius 3 is 2.50 bits per heavy atom. The van der Waals surface area contributed by atoms with Gasteiger partial charge in [0, 0.05) is 6.42 Å². The molecular weight excluding hydrogens is 230 g/mol. The highest BCUT2D eigenvalue weighted by molar-refractivity contribution is 7.89. The molecule has 0 saturated carbocycles. The molecule has 5 nitrogen and oxygen atoms in total. The fourth-order valence-corrected chi connectivity index (χ4v) is 1.81. The van der Waals surface area contributed by atoms with Crippen LogP contribution in [0.25, 0.3) is 0 Å². The number of carbonyl (C=O) groups excluding carboxylic acids is 1. The molecule has 0 spiro atoms. The molecule has 0 aliphatic rings. The number of nitrogens with two attached hydrogens (primary N) is 1. The molecule has 1 rings (SSSR count). The van der Waals surface area contributed by atoms with Crippen LogP contribution in [-0.2, 0) is 10.0 Å². The third-order valence-corrected chi connectivity index (χ3v) is 3.03. The van der Waals surface area contributed by atoms with Crippen molar-refractivity contribution in [3.8, 4) is 5.75 Å². The lowest BCUT2D eigenvalue weighted by molar-refractivity contribution is 0.0985. The van der Waals surface area contributed by atoms with E-state index in [0.717, 1.165) is 0 Å². The zero-order valence-corrected chi connectivity index (χ0v) is 9.87. The van der Waals surface area contributed by atoms with Crippen molar-refractivity contribution < 1.29 is 17.9 Å². The normalized spacial score (nSPS) is 11.2. The largest absolute Gasteiger partial charge is 0.496 e. The third kappa shape index (κ3) is 2.59. The molecule has 0 aliphatic carbocycles. The third-order valence-electron chi connectivity index (χ3n) is 2.12. The van der Waals surface area contributed by atoms with Crippen LogP contribution in [0.3, 0.4) is 0 Å². The van der Waals surface area contributed by atoms with Crippen LogP contribution in [0.1, 0.15) is 23.7 Å². The van der Waals surface area contributed by atoms with Gasteiger partial charge in [-0.05, 0) is 18.2 Å². The van der Waals surface area contributed by atoms with E-state index in [1.54, 1.807) is 6.92 Å². The average Bonchev–Trinajstić information content (AvgIpc) is 2.25. The number of Topliss-reactive ketones (excluding diaryl/α,β-unsaturated/α-hetero) is 1. The van der Waals surface area contributed by atoms with Crippen molar-refractivity contribution in [2.24, 2.45) is 5.14 Å². The van der Waals surface area contributed by atoms with E-state index < -0.39 is 10.0 Å². The number of carbonyl (C=O) groups is 1. The van der Waals surface area contributed by atoms with E-state index in [2.05, 4.69) is 0 Å². The average molecular weight is 243 g/mol. The molecule has 88 valence electrons. The van der Waals surface area contributed by atoms with Gasteiger partial charge in [-0.1, -0.05) is 6.92 Å². The summed E-state index contributed by atoms with van der Waals surface area (Å²) in [4.78, 5) is 11.5. The number of rotatable bonds is 4. The standard InChI is InChI=1S/C10H13NO4S/c1-3-9(12)8-6-7(16(11,13)14)4-5-10(8)15-2/h4-6H,3H2,1-2H3,(H2,11,13,14). The van der Waals surface area contributed by atoms with Crippen molar-refractivity contribution in [3.63, 3.8) is 0 Å². The first-order valence-electron chi connectivity index (χ1n) is 4.64. The summed E-state index contributed by atoms with van der Waals surface area (Å²) in [6, 6.07) is 3.96. The molecule has 0 heterocycles. The van der Waals surface area contributed by atoms with E-state index in [4.69, 9.17) is 9.88 Å². The number of ketones is 1. The molecule has 0 fully saturated rings. The van der Waals surface area contributed by atoms with Crippen LogP contribution >= 0.6 is 0 Å². The Labute approximate surface area is 94.3 Å². The lowest BCUT2D eigenvalue weighted by atomic mass is 10.1. The zero-order valence-electron chi connectivity index (χ0n) is 9.06. The van der Waals surface area contributed by atoms with Gasteiger partial charge in [-0.2, -0.15) is 0 Å². The molecule has 0 aromatic heterocycles. The van der Waals surface area contributed by atoms with Gasteiger partial charge >= 0.3 is 0 Å². The molecule has 16 heavy (non-hydrogen) atoms. The smallest absolute Gasteiger partial charge is 0.238 e. The zero-order chi connectivity index (χ0) is 12.3. The summed E-state index contributed by atoms with van der Waals surface area (Å²) < 4.78 is 27.2. The Kier molecular flexibility index (Phi) is 3.66. The van der Waals surface area contributed by atoms with E-state index >= 15 is 0 Å². The molecule has 6 heteroatoms. The summed E-state index contributed by atoms with van der Waals surface area (Å²) in [5.74, 6) is 0.154. The van der Waals surface area contributed by atoms with Crippen molar-refractivity contribution in [3.05, 3.63) is 23.8 Å². The summed E-state index contributed by atoms with van der Waals surface area (Å²) in [6.07, 6.45) is 0.268. The maximum Gasteiger partial charge on any atom is 0.238 e. The quantitative estimate of drug-likeness (QED) is 0.797. The number of benzene rings is 1. The second-order valence-electron chi connectivity index (χ2n) is 3.18. The summed E-state index contributed by atoms with van der Waals surface area (Å²) in [5.41, 5.74) is 0.233. The fourth-order valence-electron chi connectivity index (χ4n) is 1.27. The molecule has 0 radical (unpaired) electrons. The number of ether oxygens (including phenoxy) is 1. The van der Waals surface area contributed by atoms with Crippen LogP contribution in [0.15, 0.2) is 23.1 Å². The molecule has 2 N–H and O–H groups in total. The highest BCUT2D eigenvalue weighted by atomic mass is 32.2. The SMILES string of the molecule is CCC(=O)c1cc(S(N)(=O)=O)ccc1OC. The second kappa shape index (κ2) is 4.63. The lowest BCUT2D eigenvalue weighted by Gasteiger charge is -2.08. The van der Waals surface area contributed by atoms with E-state index in [-0.39, 0.29) is 22.7 Å². The second-order valence-corrected chi connectivity index (χ2v) is 4.75. The minimum absolute atomic E-state index is 0.0925. The first-order chi connectivity index (χ1) is 7.40. The van der Waals surface area contributed by atoms with Crippen molar-refractivity contribution in [1.82, 2.24) is 0 Å². The monoisotopic (exact) mass is 243 g/mol. The molecule has 0 saturated heterocycles. The summed E-state index contributed by atoms with van der Waals surface area (Å²) in [5, 5.41) is 4.98. The maximum atomic E-state index is 11.6. The van der Waals surface area contributed by atoms with Gasteiger partial charge in [0.25, 0.3) is 0 Å². The molecule has 1 aromatic rings. The molecule has 0 atom stereocenters. The Balaban J connectivity index is 3.38. The molecule has 0 aliphatic heterocycles. The molecule has 0 unspecified atom stereocenters. The highest BCUT2D eigenvalue weighted by Crippen LogP contribution is 2.23. The minimum atomic E-state index is -3.80. The van der Waals surface area contributed by atoms with E-state index in [1.165, 1.54) is 25.3 Å². The van der Waals surface area contributed by atoms with Crippen LogP contribution in [0.5, 0.6) is 5.75 Å². The number of sulfonamides is 1. The Bertz CT molecular complexity index is 508. The van der Waals surface area contributed by atoms with Gasteiger partial charge in [-0.3, -0.25) is 4.79 Å². The number of primary sulfonamides is 1. The lowest BCUT2D eigenvalue weighted by Crippen LogP contribution is -2.13. The predicted octanol–water partition coefficient (Wildman–Crippen LogP) is 0.935. The van der Waals surface area contributed by atoms with Crippen LogP contribution < -0.4 is 9.88 Å². The van der Waals surface area contributed by atoms with Gasteiger partial charge in [-0.25, -0.2) is 13.6 Å². The molecule has 1 aromatic carbocycles. The molecule has 0 bridgehead atoms. The van der Waals surface area contributed by atoms with E-state index in [0.29, 0.717) is 5.75 Å². The highest BCUT2D eigenvalue weighted by Gasteiger charge is 2.15. The van der Waals surface area contributed by atoms with Gasteiger partial charge in [0.15, 0.2) is 5.78 Å². The Hall–Kier alpha value is -1.40. The van der Waals surface area contributed by atoms with Crippen molar-refractivity contribution in [1.29, 1.82) is 0 Å². The van der Waals surface area contributed by atoms with Crippen molar-refractivity contribution >= 4 is 15.8 Å². The van der Waals surface area contributed by atoms with Crippen LogP contribution in [0.2, 0.25) is 0 Å². The fraction of sp³-hybridized carbons (Fsp3) is 0.300. The van der Waals surface area contributed by atoms with Crippen LogP contribution in [0.4, 0.5) is 0 Å². The minimum Gasteiger partial charge on any atom is -0.496 e. The Morgan fingerprint density at radius 1 is 1.44 bits per heavy atom. The van der Waals surface area contributed by atoms with Crippen molar-refractivity contribution in [2.45, 2.75) is 18.2 Å². The van der Waals surface area contributed by atoms with Gasteiger partial charge in [0.2, 0.25) is 10.0 Å². The van der Waals surface area contributed by atoms with E-state index in [9.17, 15) is 13.2 Å². The summed E-state index contributed by atoms with van der Waals surface area (Å²) >= 11 is 0. The number of hydrogen-bond acceptors (Lipinski definition) is 4. The van der Waals surface area contributed by atoms with Gasteiger partial charge in [-0.15, -0.1) is 0 Å². The Morgan fingerprint density at radius 2 is 2.06 bits per heavy atom.